The molecular formula is C16H26N2O4S. The fourth-order valence-electron chi connectivity index (χ4n) is 1.97. The number of carbonyl (C=O) groups excluding carboxylic acids is 1. The van der Waals surface area contributed by atoms with Crippen molar-refractivity contribution in [2.75, 3.05) is 30.3 Å². The van der Waals surface area contributed by atoms with Gasteiger partial charge in [0.1, 0.15) is 5.75 Å². The molecule has 23 heavy (non-hydrogen) atoms. The van der Waals surface area contributed by atoms with E-state index in [4.69, 9.17) is 4.74 Å². The number of hydrogen-bond acceptors (Lipinski definition) is 4. The number of benzene rings is 1. The van der Waals surface area contributed by atoms with E-state index in [1.165, 1.54) is 4.31 Å². The Morgan fingerprint density at radius 3 is 2.35 bits per heavy atom. The van der Waals surface area contributed by atoms with Gasteiger partial charge >= 0.3 is 0 Å². The van der Waals surface area contributed by atoms with E-state index in [9.17, 15) is 13.2 Å². The van der Waals surface area contributed by atoms with Crippen molar-refractivity contribution < 1.29 is 17.9 Å². The Morgan fingerprint density at radius 1 is 1.26 bits per heavy atom. The lowest BCUT2D eigenvalue weighted by Crippen LogP contribution is -2.35. The molecule has 0 aliphatic heterocycles. The van der Waals surface area contributed by atoms with Crippen molar-refractivity contribution in [2.45, 2.75) is 27.2 Å². The van der Waals surface area contributed by atoms with Gasteiger partial charge in [-0.25, -0.2) is 8.42 Å². The highest BCUT2D eigenvalue weighted by Gasteiger charge is 2.18. The van der Waals surface area contributed by atoms with Crippen LogP contribution < -0.4 is 14.4 Å². The summed E-state index contributed by atoms with van der Waals surface area (Å²) in [4.78, 5) is 11.8. The summed E-state index contributed by atoms with van der Waals surface area (Å²) in [5.74, 6) is 0.883. The van der Waals surface area contributed by atoms with E-state index >= 15 is 0 Å². The number of rotatable bonds is 9. The van der Waals surface area contributed by atoms with Crippen LogP contribution in [0.2, 0.25) is 0 Å². The molecule has 0 atom stereocenters. The first-order valence-corrected chi connectivity index (χ1v) is 9.56. The molecule has 1 rings (SSSR count). The molecule has 1 aromatic carbocycles. The van der Waals surface area contributed by atoms with E-state index in [1.54, 1.807) is 24.3 Å². The lowest BCUT2D eigenvalue weighted by molar-refractivity contribution is -0.121. The van der Waals surface area contributed by atoms with Crippen molar-refractivity contribution in [1.29, 1.82) is 0 Å². The number of carbonyl (C=O) groups is 1. The van der Waals surface area contributed by atoms with E-state index in [0.29, 0.717) is 30.5 Å². The zero-order valence-corrected chi connectivity index (χ0v) is 15.0. The molecule has 1 aromatic rings. The number of anilines is 1. The number of amides is 1. The van der Waals surface area contributed by atoms with Gasteiger partial charge in [0, 0.05) is 19.5 Å². The van der Waals surface area contributed by atoms with Gasteiger partial charge in [-0.2, -0.15) is 0 Å². The second-order valence-corrected chi connectivity index (χ2v) is 7.62. The van der Waals surface area contributed by atoms with E-state index in [1.807, 2.05) is 20.8 Å². The van der Waals surface area contributed by atoms with Crippen molar-refractivity contribution in [3.8, 4) is 5.75 Å². The summed E-state index contributed by atoms with van der Waals surface area (Å²) in [6.45, 7) is 7.13. The molecule has 0 spiro atoms. The van der Waals surface area contributed by atoms with Crippen LogP contribution >= 0.6 is 0 Å². The first-order valence-electron chi connectivity index (χ1n) is 7.71. The summed E-state index contributed by atoms with van der Waals surface area (Å²) in [7, 11) is -3.46. The summed E-state index contributed by atoms with van der Waals surface area (Å²) in [5, 5.41) is 2.79. The van der Waals surface area contributed by atoms with Gasteiger partial charge in [-0.1, -0.05) is 13.8 Å². The van der Waals surface area contributed by atoms with Gasteiger partial charge in [0.05, 0.1) is 18.6 Å². The topological polar surface area (TPSA) is 75.7 Å². The van der Waals surface area contributed by atoms with Crippen LogP contribution in [-0.4, -0.2) is 40.3 Å². The average molecular weight is 342 g/mol. The molecule has 0 heterocycles. The molecule has 0 radical (unpaired) electrons. The van der Waals surface area contributed by atoms with Crippen molar-refractivity contribution in [3.05, 3.63) is 24.3 Å². The molecule has 0 saturated carbocycles. The van der Waals surface area contributed by atoms with Gasteiger partial charge in [-0.05, 0) is 37.1 Å². The minimum absolute atomic E-state index is 0.108. The number of nitrogens with zero attached hydrogens (tertiary/aromatic N) is 1. The minimum atomic E-state index is -3.46. The van der Waals surface area contributed by atoms with Crippen molar-refractivity contribution >= 4 is 21.6 Å². The molecule has 6 nitrogen and oxygen atoms in total. The summed E-state index contributed by atoms with van der Waals surface area (Å²) in [6, 6.07) is 6.79. The van der Waals surface area contributed by atoms with Crippen molar-refractivity contribution in [3.63, 3.8) is 0 Å². The van der Waals surface area contributed by atoms with Crippen LogP contribution in [0.15, 0.2) is 24.3 Å². The Kier molecular flexibility index (Phi) is 7.35. The smallest absolute Gasteiger partial charge is 0.232 e. The van der Waals surface area contributed by atoms with Crippen LogP contribution in [0.25, 0.3) is 0 Å². The zero-order chi connectivity index (χ0) is 17.5. The molecule has 130 valence electrons. The maximum absolute atomic E-state index is 12.0. The summed E-state index contributed by atoms with van der Waals surface area (Å²) < 4.78 is 30.5. The Morgan fingerprint density at radius 2 is 1.87 bits per heavy atom. The van der Waals surface area contributed by atoms with Crippen LogP contribution in [-0.2, 0) is 14.8 Å². The summed E-state index contributed by atoms with van der Waals surface area (Å²) in [5.41, 5.74) is 0.521. The molecule has 0 aliphatic carbocycles. The van der Waals surface area contributed by atoms with Gasteiger partial charge in [0.2, 0.25) is 15.9 Å². The van der Waals surface area contributed by atoms with Gasteiger partial charge in [-0.3, -0.25) is 9.10 Å². The normalized spacial score (nSPS) is 11.3. The molecule has 0 aliphatic rings. The van der Waals surface area contributed by atoms with Crippen LogP contribution in [0, 0.1) is 5.92 Å². The Labute approximate surface area is 138 Å². The molecule has 1 N–H and O–H groups in total. The molecule has 0 aromatic heterocycles. The third-order valence-corrected chi connectivity index (χ3v) is 4.28. The monoisotopic (exact) mass is 342 g/mol. The number of ether oxygens (including phenoxy) is 1. The highest BCUT2D eigenvalue weighted by Crippen LogP contribution is 2.21. The lowest BCUT2D eigenvalue weighted by Gasteiger charge is -2.22. The van der Waals surface area contributed by atoms with Gasteiger partial charge in [-0.15, -0.1) is 0 Å². The maximum atomic E-state index is 12.0. The van der Waals surface area contributed by atoms with E-state index in [0.717, 1.165) is 6.26 Å². The fraction of sp³-hybridized carbons (Fsp3) is 0.562. The van der Waals surface area contributed by atoms with E-state index < -0.39 is 10.0 Å². The van der Waals surface area contributed by atoms with Gasteiger partial charge in [0.15, 0.2) is 0 Å². The predicted molar refractivity (Wildman–Crippen MR) is 92.3 cm³/mol. The molecule has 0 bridgehead atoms. The Hall–Kier alpha value is -1.76. The fourth-order valence-corrected chi connectivity index (χ4v) is 2.90. The quantitative estimate of drug-likeness (QED) is 0.745. The molecule has 0 fully saturated rings. The SMILES string of the molecule is CCOc1ccc(N(CCC(=O)NCC(C)C)S(C)(=O)=O)cc1. The highest BCUT2D eigenvalue weighted by atomic mass is 32.2. The van der Waals surface area contributed by atoms with Crippen molar-refractivity contribution in [2.24, 2.45) is 5.92 Å². The summed E-state index contributed by atoms with van der Waals surface area (Å²) >= 11 is 0. The minimum Gasteiger partial charge on any atom is -0.494 e. The average Bonchev–Trinajstić information content (AvgIpc) is 2.46. The van der Waals surface area contributed by atoms with E-state index in [-0.39, 0.29) is 18.9 Å². The Bertz CT molecular complexity index is 597. The molecular weight excluding hydrogens is 316 g/mol. The van der Waals surface area contributed by atoms with E-state index in [2.05, 4.69) is 5.32 Å². The third kappa shape index (κ3) is 6.90. The van der Waals surface area contributed by atoms with Gasteiger partial charge in [0.25, 0.3) is 0 Å². The van der Waals surface area contributed by atoms with Crippen molar-refractivity contribution in [1.82, 2.24) is 5.32 Å². The molecule has 0 saturated heterocycles. The first-order chi connectivity index (χ1) is 10.7. The lowest BCUT2D eigenvalue weighted by atomic mass is 10.2. The number of hydrogen-bond donors (Lipinski definition) is 1. The molecule has 1 amide bonds. The Balaban J connectivity index is 2.76. The number of nitrogens with one attached hydrogen (secondary N) is 1. The molecule has 7 heteroatoms. The van der Waals surface area contributed by atoms with Crippen LogP contribution in [0.4, 0.5) is 5.69 Å². The first kappa shape index (κ1) is 19.3. The predicted octanol–water partition coefficient (Wildman–Crippen LogP) is 2.01. The highest BCUT2D eigenvalue weighted by molar-refractivity contribution is 7.92. The van der Waals surface area contributed by atoms with Crippen LogP contribution in [0.3, 0.4) is 0 Å². The standard InChI is InChI=1S/C16H26N2O4S/c1-5-22-15-8-6-14(7-9-15)18(23(4,20)21)11-10-16(19)17-12-13(2)3/h6-9,13H,5,10-12H2,1-4H3,(H,17,19). The van der Waals surface area contributed by atoms with Gasteiger partial charge < -0.3 is 10.1 Å². The maximum Gasteiger partial charge on any atom is 0.232 e. The van der Waals surface area contributed by atoms with Crippen LogP contribution in [0.1, 0.15) is 27.2 Å². The third-order valence-electron chi connectivity index (χ3n) is 3.09. The largest absolute Gasteiger partial charge is 0.494 e. The number of sulfonamides is 1. The summed E-state index contributed by atoms with van der Waals surface area (Å²) in [6.07, 6.45) is 1.25. The van der Waals surface area contributed by atoms with Crippen LogP contribution in [0.5, 0.6) is 5.75 Å². The second kappa shape index (κ2) is 8.76. The zero-order valence-electron chi connectivity index (χ0n) is 14.2. The second-order valence-electron chi connectivity index (χ2n) is 5.71. The molecule has 0 unspecified atom stereocenters.